The van der Waals surface area contributed by atoms with Crippen LogP contribution in [0.2, 0.25) is 0 Å². The summed E-state index contributed by atoms with van der Waals surface area (Å²) in [5.41, 5.74) is 0.293. The molecule has 3 heterocycles. The number of hydrogen-bond donors (Lipinski definition) is 2. The first-order chi connectivity index (χ1) is 14.2. The fraction of sp³-hybridized carbons (Fsp3) is 0.500. The zero-order valence-corrected chi connectivity index (χ0v) is 17.5. The van der Waals surface area contributed by atoms with Crippen molar-refractivity contribution in [2.24, 2.45) is 0 Å². The number of halogens is 1. The summed E-state index contributed by atoms with van der Waals surface area (Å²) in [6.07, 6.45) is 3.94. The standard InChI is InChI=1S/C20H26N6O3.ClH/c27-19-12-15(13-25(19)10-11-29-17-4-2-1-3-5-17)22-20(28)18-14-26(24-23-18)16-6-8-21-9-7-16;/h1-5,14-16,21H,6-13H2,(H,22,28);1H. The van der Waals surface area contributed by atoms with E-state index in [9.17, 15) is 9.59 Å². The topological polar surface area (TPSA) is 101 Å². The fourth-order valence-corrected chi connectivity index (χ4v) is 3.77. The Kier molecular flexibility index (Phi) is 7.64. The Hall–Kier alpha value is -2.65. The third kappa shape index (κ3) is 5.48. The number of nitrogens with one attached hydrogen (secondary N) is 2. The summed E-state index contributed by atoms with van der Waals surface area (Å²) in [6, 6.07) is 9.55. The van der Waals surface area contributed by atoms with Gasteiger partial charge in [0.05, 0.1) is 24.8 Å². The number of piperidine rings is 1. The van der Waals surface area contributed by atoms with E-state index in [2.05, 4.69) is 20.9 Å². The lowest BCUT2D eigenvalue weighted by Gasteiger charge is -2.22. The van der Waals surface area contributed by atoms with Gasteiger partial charge in [0.15, 0.2) is 5.69 Å². The van der Waals surface area contributed by atoms with Crippen molar-refractivity contribution in [1.82, 2.24) is 30.5 Å². The second kappa shape index (κ2) is 10.4. The molecule has 2 aliphatic rings. The highest BCUT2D eigenvalue weighted by Crippen LogP contribution is 2.17. The largest absolute Gasteiger partial charge is 0.492 e. The van der Waals surface area contributed by atoms with Crippen molar-refractivity contribution in [3.63, 3.8) is 0 Å². The monoisotopic (exact) mass is 434 g/mol. The summed E-state index contributed by atoms with van der Waals surface area (Å²) in [7, 11) is 0. The van der Waals surface area contributed by atoms with E-state index in [0.717, 1.165) is 31.7 Å². The summed E-state index contributed by atoms with van der Waals surface area (Å²) >= 11 is 0. The van der Waals surface area contributed by atoms with E-state index in [-0.39, 0.29) is 36.3 Å². The van der Waals surface area contributed by atoms with E-state index in [0.29, 0.717) is 31.8 Å². The van der Waals surface area contributed by atoms with Crippen LogP contribution in [0.5, 0.6) is 5.75 Å². The SMILES string of the molecule is Cl.O=C(NC1CC(=O)N(CCOc2ccccc2)C1)c1cn(C2CCNCC2)nn1. The second-order valence-corrected chi connectivity index (χ2v) is 7.44. The molecule has 2 saturated heterocycles. The van der Waals surface area contributed by atoms with Crippen LogP contribution in [-0.2, 0) is 4.79 Å². The Morgan fingerprint density at radius 1 is 1.23 bits per heavy atom. The number of para-hydroxylation sites is 1. The van der Waals surface area contributed by atoms with Crippen molar-refractivity contribution in [2.75, 3.05) is 32.8 Å². The highest BCUT2D eigenvalue weighted by molar-refractivity contribution is 5.93. The average molecular weight is 435 g/mol. The predicted octanol–water partition coefficient (Wildman–Crippen LogP) is 1.03. The van der Waals surface area contributed by atoms with Gasteiger partial charge in [0, 0.05) is 13.0 Å². The molecular formula is C20H27ClN6O3. The number of ether oxygens (including phenoxy) is 1. The summed E-state index contributed by atoms with van der Waals surface area (Å²) in [5.74, 6) is 0.511. The summed E-state index contributed by atoms with van der Waals surface area (Å²) in [6.45, 7) is 3.28. The molecule has 0 bridgehead atoms. The van der Waals surface area contributed by atoms with Gasteiger partial charge in [-0.25, -0.2) is 4.68 Å². The maximum Gasteiger partial charge on any atom is 0.273 e. The Balaban J connectivity index is 0.00000256. The molecular weight excluding hydrogens is 408 g/mol. The molecule has 0 saturated carbocycles. The normalized spacial score (nSPS) is 19.4. The minimum absolute atomic E-state index is 0. The summed E-state index contributed by atoms with van der Waals surface area (Å²) < 4.78 is 7.44. The molecule has 2 aliphatic heterocycles. The maximum absolute atomic E-state index is 12.5. The average Bonchev–Trinajstić information content (AvgIpc) is 3.37. The van der Waals surface area contributed by atoms with Gasteiger partial charge < -0.3 is 20.3 Å². The van der Waals surface area contributed by atoms with Gasteiger partial charge in [-0.2, -0.15) is 0 Å². The van der Waals surface area contributed by atoms with Crippen LogP contribution in [0, 0.1) is 0 Å². The van der Waals surface area contributed by atoms with Crippen molar-refractivity contribution in [1.29, 1.82) is 0 Å². The molecule has 2 fully saturated rings. The smallest absolute Gasteiger partial charge is 0.273 e. The van der Waals surface area contributed by atoms with Crippen molar-refractivity contribution >= 4 is 24.2 Å². The Morgan fingerprint density at radius 3 is 2.77 bits per heavy atom. The van der Waals surface area contributed by atoms with Crippen LogP contribution in [-0.4, -0.2) is 70.5 Å². The highest BCUT2D eigenvalue weighted by atomic mass is 35.5. The molecule has 1 aromatic heterocycles. The lowest BCUT2D eigenvalue weighted by Crippen LogP contribution is -2.38. The third-order valence-corrected chi connectivity index (χ3v) is 5.35. The van der Waals surface area contributed by atoms with Gasteiger partial charge in [-0.15, -0.1) is 17.5 Å². The van der Waals surface area contributed by atoms with E-state index in [4.69, 9.17) is 4.74 Å². The molecule has 2 amide bonds. The molecule has 30 heavy (non-hydrogen) atoms. The quantitative estimate of drug-likeness (QED) is 0.675. The molecule has 0 spiro atoms. The van der Waals surface area contributed by atoms with Gasteiger partial charge >= 0.3 is 0 Å². The lowest BCUT2D eigenvalue weighted by molar-refractivity contribution is -0.128. The number of likely N-dealkylation sites (tertiary alicyclic amines) is 1. The fourth-order valence-electron chi connectivity index (χ4n) is 3.77. The van der Waals surface area contributed by atoms with Crippen LogP contribution >= 0.6 is 12.4 Å². The zero-order valence-electron chi connectivity index (χ0n) is 16.7. The first kappa shape index (κ1) is 22.0. The van der Waals surface area contributed by atoms with Gasteiger partial charge in [-0.1, -0.05) is 23.4 Å². The molecule has 1 unspecified atom stereocenters. The van der Waals surface area contributed by atoms with Gasteiger partial charge in [0.1, 0.15) is 12.4 Å². The van der Waals surface area contributed by atoms with Gasteiger partial charge in [0.25, 0.3) is 5.91 Å². The van der Waals surface area contributed by atoms with Crippen LogP contribution in [0.1, 0.15) is 35.8 Å². The third-order valence-electron chi connectivity index (χ3n) is 5.35. The highest BCUT2D eigenvalue weighted by Gasteiger charge is 2.31. The number of carbonyl (C=O) groups is 2. The van der Waals surface area contributed by atoms with Crippen LogP contribution in [0.4, 0.5) is 0 Å². The number of carbonyl (C=O) groups excluding carboxylic acids is 2. The molecule has 1 aromatic carbocycles. The number of amides is 2. The van der Waals surface area contributed by atoms with E-state index >= 15 is 0 Å². The van der Waals surface area contributed by atoms with Crippen LogP contribution in [0.3, 0.4) is 0 Å². The van der Waals surface area contributed by atoms with E-state index in [1.54, 1.807) is 15.8 Å². The number of rotatable bonds is 7. The van der Waals surface area contributed by atoms with E-state index < -0.39 is 0 Å². The minimum atomic E-state index is -0.287. The molecule has 0 aliphatic carbocycles. The number of nitrogens with zero attached hydrogens (tertiary/aromatic N) is 4. The Bertz CT molecular complexity index is 840. The summed E-state index contributed by atoms with van der Waals surface area (Å²) in [5, 5.41) is 14.4. The predicted molar refractivity (Wildman–Crippen MR) is 113 cm³/mol. The van der Waals surface area contributed by atoms with Gasteiger partial charge in [-0.05, 0) is 38.1 Å². The molecule has 9 nitrogen and oxygen atoms in total. The molecule has 0 radical (unpaired) electrons. The van der Waals surface area contributed by atoms with Gasteiger partial charge in [0.2, 0.25) is 5.91 Å². The summed E-state index contributed by atoms with van der Waals surface area (Å²) in [4.78, 5) is 26.5. The molecule has 2 aromatic rings. The minimum Gasteiger partial charge on any atom is -0.492 e. The molecule has 162 valence electrons. The van der Waals surface area contributed by atoms with E-state index in [1.165, 1.54) is 0 Å². The van der Waals surface area contributed by atoms with Crippen molar-refractivity contribution < 1.29 is 14.3 Å². The zero-order chi connectivity index (χ0) is 20.1. The Morgan fingerprint density at radius 2 is 2.00 bits per heavy atom. The van der Waals surface area contributed by atoms with Crippen LogP contribution < -0.4 is 15.4 Å². The molecule has 10 heteroatoms. The van der Waals surface area contributed by atoms with Crippen LogP contribution in [0.25, 0.3) is 0 Å². The maximum atomic E-state index is 12.5. The number of hydrogen-bond acceptors (Lipinski definition) is 6. The van der Waals surface area contributed by atoms with Crippen molar-refractivity contribution in [3.05, 3.63) is 42.2 Å². The van der Waals surface area contributed by atoms with Crippen molar-refractivity contribution in [3.8, 4) is 5.75 Å². The second-order valence-electron chi connectivity index (χ2n) is 7.44. The molecule has 4 rings (SSSR count). The first-order valence-electron chi connectivity index (χ1n) is 10.1. The van der Waals surface area contributed by atoms with Gasteiger partial charge in [-0.3, -0.25) is 9.59 Å². The Labute approximate surface area is 181 Å². The molecule has 1 atom stereocenters. The van der Waals surface area contributed by atoms with Crippen LogP contribution in [0.15, 0.2) is 36.5 Å². The number of aromatic nitrogens is 3. The molecule has 2 N–H and O–H groups in total. The first-order valence-corrected chi connectivity index (χ1v) is 10.1. The van der Waals surface area contributed by atoms with Crippen molar-refractivity contribution in [2.45, 2.75) is 31.3 Å². The van der Waals surface area contributed by atoms with E-state index in [1.807, 2.05) is 30.3 Å². The lowest BCUT2D eigenvalue weighted by atomic mass is 10.1. The number of benzene rings is 1.